The Hall–Kier alpha value is -0.610. The SMILES string of the molecule is CC(C)[C@@H]1CC[C@@H](C)C[C@H]1OC(=O)CN1CCN(C)C1. The van der Waals surface area contributed by atoms with Gasteiger partial charge in [-0.3, -0.25) is 14.6 Å². The summed E-state index contributed by atoms with van der Waals surface area (Å²) in [6.07, 6.45) is 3.64. The molecule has 0 N–H and O–H groups in total. The Bertz CT molecular complexity index is 332. The number of nitrogens with zero attached hydrogens (tertiary/aromatic N) is 2. The van der Waals surface area contributed by atoms with Gasteiger partial charge in [-0.25, -0.2) is 0 Å². The maximum absolute atomic E-state index is 12.2. The van der Waals surface area contributed by atoms with Crippen LogP contribution in [-0.2, 0) is 9.53 Å². The van der Waals surface area contributed by atoms with Gasteiger partial charge in [-0.1, -0.05) is 27.2 Å². The maximum atomic E-state index is 12.2. The van der Waals surface area contributed by atoms with E-state index in [0.29, 0.717) is 24.3 Å². The van der Waals surface area contributed by atoms with Crippen molar-refractivity contribution >= 4 is 5.97 Å². The number of hydrogen-bond acceptors (Lipinski definition) is 4. The van der Waals surface area contributed by atoms with Gasteiger partial charge in [0.1, 0.15) is 6.10 Å². The second-order valence-corrected chi connectivity index (χ2v) is 7.13. The fourth-order valence-corrected chi connectivity index (χ4v) is 3.56. The quantitative estimate of drug-likeness (QED) is 0.740. The van der Waals surface area contributed by atoms with E-state index in [1.54, 1.807) is 0 Å². The van der Waals surface area contributed by atoms with Crippen molar-refractivity contribution in [2.45, 2.75) is 46.1 Å². The molecule has 0 bridgehead atoms. The number of hydrogen-bond donors (Lipinski definition) is 0. The van der Waals surface area contributed by atoms with Crippen LogP contribution in [0, 0.1) is 17.8 Å². The van der Waals surface area contributed by atoms with Crippen molar-refractivity contribution in [1.82, 2.24) is 9.80 Å². The van der Waals surface area contributed by atoms with Gasteiger partial charge < -0.3 is 4.74 Å². The molecule has 0 spiro atoms. The van der Waals surface area contributed by atoms with Crippen molar-refractivity contribution in [3.63, 3.8) is 0 Å². The van der Waals surface area contributed by atoms with E-state index in [4.69, 9.17) is 4.74 Å². The molecule has 2 rings (SSSR count). The molecule has 4 heteroatoms. The number of rotatable bonds is 4. The first kappa shape index (κ1) is 15.8. The first-order chi connectivity index (χ1) is 9.45. The molecule has 0 aromatic carbocycles. The summed E-state index contributed by atoms with van der Waals surface area (Å²) in [5, 5.41) is 0. The summed E-state index contributed by atoms with van der Waals surface area (Å²) in [4.78, 5) is 16.6. The molecule has 0 unspecified atom stereocenters. The van der Waals surface area contributed by atoms with Crippen LogP contribution in [-0.4, -0.2) is 55.2 Å². The Morgan fingerprint density at radius 2 is 2.05 bits per heavy atom. The third kappa shape index (κ3) is 4.19. The summed E-state index contributed by atoms with van der Waals surface area (Å²) in [5.74, 6) is 1.78. The number of likely N-dealkylation sites (N-methyl/N-ethyl adjacent to an activating group) is 1. The molecule has 0 radical (unpaired) electrons. The van der Waals surface area contributed by atoms with Crippen LogP contribution >= 0.6 is 0 Å². The summed E-state index contributed by atoms with van der Waals surface area (Å²) < 4.78 is 5.83. The number of esters is 1. The Morgan fingerprint density at radius 1 is 1.30 bits per heavy atom. The molecule has 116 valence electrons. The average Bonchev–Trinajstić information content (AvgIpc) is 2.74. The molecule has 3 atom stereocenters. The van der Waals surface area contributed by atoms with Crippen LogP contribution < -0.4 is 0 Å². The largest absolute Gasteiger partial charge is 0.461 e. The number of carbonyl (C=O) groups excluding carboxylic acids is 1. The zero-order chi connectivity index (χ0) is 14.7. The smallest absolute Gasteiger partial charge is 0.320 e. The van der Waals surface area contributed by atoms with E-state index in [-0.39, 0.29) is 12.1 Å². The van der Waals surface area contributed by atoms with Gasteiger partial charge in [-0.05, 0) is 37.6 Å². The number of carbonyl (C=O) groups is 1. The van der Waals surface area contributed by atoms with E-state index in [1.165, 1.54) is 12.8 Å². The predicted octanol–water partition coefficient (Wildman–Crippen LogP) is 2.20. The molecule has 20 heavy (non-hydrogen) atoms. The molecular formula is C16H30N2O2. The first-order valence-electron chi connectivity index (χ1n) is 8.06. The molecule has 1 aliphatic heterocycles. The lowest BCUT2D eigenvalue weighted by Gasteiger charge is -2.36. The minimum atomic E-state index is -0.0370. The van der Waals surface area contributed by atoms with Crippen molar-refractivity contribution in [1.29, 1.82) is 0 Å². The monoisotopic (exact) mass is 282 g/mol. The summed E-state index contributed by atoms with van der Waals surface area (Å²) in [5.41, 5.74) is 0. The molecule has 1 heterocycles. The summed E-state index contributed by atoms with van der Waals surface area (Å²) >= 11 is 0. The summed E-state index contributed by atoms with van der Waals surface area (Å²) in [7, 11) is 2.09. The fraction of sp³-hybridized carbons (Fsp3) is 0.938. The lowest BCUT2D eigenvalue weighted by Crippen LogP contribution is -2.39. The van der Waals surface area contributed by atoms with Crippen LogP contribution in [0.5, 0.6) is 0 Å². The third-order valence-electron chi connectivity index (χ3n) is 4.84. The van der Waals surface area contributed by atoms with Crippen LogP contribution in [0.15, 0.2) is 0 Å². The van der Waals surface area contributed by atoms with Crippen LogP contribution in [0.2, 0.25) is 0 Å². The zero-order valence-electron chi connectivity index (χ0n) is 13.5. The molecule has 0 aromatic rings. The third-order valence-corrected chi connectivity index (χ3v) is 4.84. The van der Waals surface area contributed by atoms with Crippen molar-refractivity contribution in [3.8, 4) is 0 Å². The second-order valence-electron chi connectivity index (χ2n) is 7.13. The standard InChI is InChI=1S/C16H30N2O2/c1-12(2)14-6-5-13(3)9-15(14)20-16(19)10-18-8-7-17(4)11-18/h12-15H,5-11H2,1-4H3/t13-,14+,15-/m1/s1. The van der Waals surface area contributed by atoms with E-state index >= 15 is 0 Å². The molecule has 1 aliphatic carbocycles. The Morgan fingerprint density at radius 3 is 2.65 bits per heavy atom. The topological polar surface area (TPSA) is 32.8 Å². The average molecular weight is 282 g/mol. The Labute approximate surface area is 123 Å². The van der Waals surface area contributed by atoms with Gasteiger partial charge in [0, 0.05) is 13.1 Å². The van der Waals surface area contributed by atoms with Crippen LogP contribution in [0.3, 0.4) is 0 Å². The van der Waals surface area contributed by atoms with Gasteiger partial charge in [0.05, 0.1) is 13.2 Å². The molecule has 0 aromatic heterocycles. The second kappa shape index (κ2) is 6.90. The van der Waals surface area contributed by atoms with Gasteiger partial charge in [0.2, 0.25) is 0 Å². The Balaban J connectivity index is 1.84. The summed E-state index contributed by atoms with van der Waals surface area (Å²) in [6, 6.07) is 0. The van der Waals surface area contributed by atoms with Crippen LogP contribution in [0.4, 0.5) is 0 Å². The fourth-order valence-electron chi connectivity index (χ4n) is 3.56. The minimum absolute atomic E-state index is 0.0370. The molecule has 4 nitrogen and oxygen atoms in total. The maximum Gasteiger partial charge on any atom is 0.320 e. The summed E-state index contributed by atoms with van der Waals surface area (Å²) in [6.45, 7) is 10.1. The van der Waals surface area contributed by atoms with Crippen molar-refractivity contribution in [2.75, 3.05) is 33.4 Å². The van der Waals surface area contributed by atoms with Crippen molar-refractivity contribution in [2.24, 2.45) is 17.8 Å². The molecule has 2 aliphatic rings. The van der Waals surface area contributed by atoms with E-state index in [0.717, 1.165) is 26.2 Å². The van der Waals surface area contributed by atoms with Crippen LogP contribution in [0.25, 0.3) is 0 Å². The molecule has 1 saturated heterocycles. The normalized spacial score (nSPS) is 32.8. The lowest BCUT2D eigenvalue weighted by molar-refractivity contribution is -0.157. The molecular weight excluding hydrogens is 252 g/mol. The van der Waals surface area contributed by atoms with E-state index in [1.807, 2.05) is 0 Å². The highest BCUT2D eigenvalue weighted by Crippen LogP contribution is 2.35. The van der Waals surface area contributed by atoms with Gasteiger partial charge >= 0.3 is 5.97 Å². The van der Waals surface area contributed by atoms with E-state index < -0.39 is 0 Å². The highest BCUT2D eigenvalue weighted by Gasteiger charge is 2.33. The number of ether oxygens (including phenoxy) is 1. The highest BCUT2D eigenvalue weighted by atomic mass is 16.5. The van der Waals surface area contributed by atoms with Gasteiger partial charge in [-0.15, -0.1) is 0 Å². The molecule has 1 saturated carbocycles. The van der Waals surface area contributed by atoms with Crippen molar-refractivity contribution in [3.05, 3.63) is 0 Å². The lowest BCUT2D eigenvalue weighted by atomic mass is 9.75. The van der Waals surface area contributed by atoms with E-state index in [9.17, 15) is 4.79 Å². The van der Waals surface area contributed by atoms with Gasteiger partial charge in [0.15, 0.2) is 0 Å². The van der Waals surface area contributed by atoms with Gasteiger partial charge in [0.25, 0.3) is 0 Å². The minimum Gasteiger partial charge on any atom is -0.461 e. The zero-order valence-corrected chi connectivity index (χ0v) is 13.5. The Kier molecular flexibility index (Phi) is 5.44. The van der Waals surface area contributed by atoms with E-state index in [2.05, 4.69) is 37.6 Å². The van der Waals surface area contributed by atoms with Crippen molar-refractivity contribution < 1.29 is 9.53 Å². The molecule has 2 fully saturated rings. The van der Waals surface area contributed by atoms with Crippen LogP contribution in [0.1, 0.15) is 40.0 Å². The first-order valence-corrected chi connectivity index (χ1v) is 8.06. The van der Waals surface area contributed by atoms with Gasteiger partial charge in [-0.2, -0.15) is 0 Å². The highest BCUT2D eigenvalue weighted by molar-refractivity contribution is 5.72. The predicted molar refractivity (Wildman–Crippen MR) is 80.3 cm³/mol. The molecule has 0 amide bonds.